The smallest absolute Gasteiger partial charge is 0.241 e. The van der Waals surface area contributed by atoms with Crippen LogP contribution in [0, 0.1) is 6.92 Å². The van der Waals surface area contributed by atoms with E-state index in [0.29, 0.717) is 17.1 Å². The molecule has 0 spiro atoms. The fourth-order valence-electron chi connectivity index (χ4n) is 3.49. The van der Waals surface area contributed by atoms with Gasteiger partial charge in [-0.25, -0.2) is 8.42 Å². The molecule has 1 N–H and O–H groups in total. The molecule has 8 heteroatoms. The third-order valence-electron chi connectivity index (χ3n) is 4.75. The van der Waals surface area contributed by atoms with Crippen molar-refractivity contribution >= 4 is 33.2 Å². The molecule has 0 fully saturated rings. The van der Waals surface area contributed by atoms with E-state index in [2.05, 4.69) is 5.32 Å². The first-order valence-corrected chi connectivity index (χ1v) is 11.5. The molecule has 0 bridgehead atoms. The number of benzene rings is 2. The zero-order chi connectivity index (χ0) is 21.4. The average molecular weight is 437 g/mol. The molecule has 0 radical (unpaired) electrons. The molecular weight excluding hydrogens is 412 g/mol. The van der Waals surface area contributed by atoms with Gasteiger partial charge >= 0.3 is 0 Å². The highest BCUT2D eigenvalue weighted by Crippen LogP contribution is 2.39. The van der Waals surface area contributed by atoms with Gasteiger partial charge in [0.15, 0.2) is 0 Å². The van der Waals surface area contributed by atoms with Crippen LogP contribution in [0.3, 0.4) is 0 Å². The summed E-state index contributed by atoms with van der Waals surface area (Å²) in [6.07, 6.45) is 1.64. The Hall–Kier alpha value is -2.25. The van der Waals surface area contributed by atoms with E-state index in [1.807, 2.05) is 39.0 Å². The topological polar surface area (TPSA) is 75.7 Å². The van der Waals surface area contributed by atoms with Crippen molar-refractivity contribution in [3.05, 3.63) is 58.6 Å². The Morgan fingerprint density at radius 1 is 1.28 bits per heavy atom. The summed E-state index contributed by atoms with van der Waals surface area (Å²) in [5.74, 6) is 0.339. The highest BCUT2D eigenvalue weighted by molar-refractivity contribution is 7.92. The SMILES string of the molecule is Cc1ccc2c(c1)OC(C)(C)CC2NC(=O)CN(c1cccc(Cl)c1)S(C)(=O)=O. The standard InChI is InChI=1S/C21H25ClN2O4S/c1-14-8-9-17-18(12-21(2,3)28-19(17)10-14)23-20(25)13-24(29(4,26)27)16-7-5-6-15(22)11-16/h5-11,18H,12-13H2,1-4H3,(H,23,25). The lowest BCUT2D eigenvalue weighted by Crippen LogP contribution is -2.45. The number of carbonyl (C=O) groups is 1. The van der Waals surface area contributed by atoms with Gasteiger partial charge in [0.1, 0.15) is 17.9 Å². The average Bonchev–Trinajstić information content (AvgIpc) is 2.57. The molecular formula is C21H25ClN2O4S. The number of fused-ring (bicyclic) bond motifs is 1. The first-order chi connectivity index (χ1) is 13.4. The highest BCUT2D eigenvalue weighted by atomic mass is 35.5. The third-order valence-corrected chi connectivity index (χ3v) is 6.12. The number of sulfonamides is 1. The van der Waals surface area contributed by atoms with Gasteiger partial charge in [-0.05, 0) is 50.6 Å². The molecule has 1 heterocycles. The number of nitrogens with zero attached hydrogens (tertiary/aromatic N) is 1. The van der Waals surface area contributed by atoms with E-state index in [0.717, 1.165) is 27.4 Å². The van der Waals surface area contributed by atoms with E-state index in [4.69, 9.17) is 16.3 Å². The maximum atomic E-state index is 12.8. The number of carbonyl (C=O) groups excluding carboxylic acids is 1. The van der Waals surface area contributed by atoms with Gasteiger partial charge in [0, 0.05) is 17.0 Å². The maximum absolute atomic E-state index is 12.8. The molecule has 1 aliphatic heterocycles. The predicted molar refractivity (Wildman–Crippen MR) is 115 cm³/mol. The van der Waals surface area contributed by atoms with Gasteiger partial charge in [0.25, 0.3) is 0 Å². The largest absolute Gasteiger partial charge is 0.487 e. The molecule has 1 unspecified atom stereocenters. The number of aryl methyl sites for hydroxylation is 1. The minimum Gasteiger partial charge on any atom is -0.487 e. The predicted octanol–water partition coefficient (Wildman–Crippen LogP) is 3.83. The number of halogens is 1. The first kappa shape index (κ1) is 21.5. The van der Waals surface area contributed by atoms with Crippen molar-refractivity contribution in [2.24, 2.45) is 0 Å². The number of hydrogen-bond donors (Lipinski definition) is 1. The van der Waals surface area contributed by atoms with Gasteiger partial charge in [-0.3, -0.25) is 9.10 Å². The van der Waals surface area contributed by atoms with Gasteiger partial charge in [-0.1, -0.05) is 29.8 Å². The molecule has 0 saturated carbocycles. The lowest BCUT2D eigenvalue weighted by atomic mass is 9.89. The highest BCUT2D eigenvalue weighted by Gasteiger charge is 2.35. The van der Waals surface area contributed by atoms with Crippen LogP contribution >= 0.6 is 11.6 Å². The van der Waals surface area contributed by atoms with Crippen LogP contribution in [-0.2, 0) is 14.8 Å². The second kappa shape index (κ2) is 7.88. The number of nitrogens with one attached hydrogen (secondary N) is 1. The lowest BCUT2D eigenvalue weighted by molar-refractivity contribution is -0.120. The van der Waals surface area contributed by atoms with E-state index in [-0.39, 0.29) is 12.6 Å². The summed E-state index contributed by atoms with van der Waals surface area (Å²) >= 11 is 6.00. The summed E-state index contributed by atoms with van der Waals surface area (Å²) in [6, 6.07) is 12.0. The molecule has 0 saturated heterocycles. The lowest BCUT2D eigenvalue weighted by Gasteiger charge is -2.38. The monoisotopic (exact) mass is 436 g/mol. The molecule has 1 amide bonds. The Bertz CT molecular complexity index is 1040. The molecule has 3 rings (SSSR count). The summed E-state index contributed by atoms with van der Waals surface area (Å²) in [5.41, 5.74) is 1.84. The molecule has 29 heavy (non-hydrogen) atoms. The molecule has 6 nitrogen and oxygen atoms in total. The van der Waals surface area contributed by atoms with Gasteiger partial charge in [-0.15, -0.1) is 0 Å². The van der Waals surface area contributed by atoms with E-state index in [9.17, 15) is 13.2 Å². The Balaban J connectivity index is 1.84. The van der Waals surface area contributed by atoms with Crippen LogP contribution in [0.2, 0.25) is 5.02 Å². The van der Waals surface area contributed by atoms with Crippen molar-refractivity contribution in [3.8, 4) is 5.75 Å². The second-order valence-electron chi connectivity index (χ2n) is 7.98. The van der Waals surface area contributed by atoms with Crippen molar-refractivity contribution in [2.75, 3.05) is 17.1 Å². The third kappa shape index (κ3) is 5.22. The number of anilines is 1. The van der Waals surface area contributed by atoms with Crippen LogP contribution in [-0.4, -0.2) is 32.7 Å². The Kier molecular flexibility index (Phi) is 5.83. The normalized spacial score (nSPS) is 17.8. The van der Waals surface area contributed by atoms with Gasteiger partial charge in [0.2, 0.25) is 15.9 Å². The van der Waals surface area contributed by atoms with E-state index in [1.165, 1.54) is 6.07 Å². The fourth-order valence-corrected chi connectivity index (χ4v) is 4.52. The fraction of sp³-hybridized carbons (Fsp3) is 0.381. The van der Waals surface area contributed by atoms with Crippen LogP contribution in [0.15, 0.2) is 42.5 Å². The van der Waals surface area contributed by atoms with Crippen LogP contribution in [0.5, 0.6) is 5.75 Å². The Morgan fingerprint density at radius 2 is 2.00 bits per heavy atom. The Morgan fingerprint density at radius 3 is 2.66 bits per heavy atom. The first-order valence-electron chi connectivity index (χ1n) is 9.27. The summed E-state index contributed by atoms with van der Waals surface area (Å²) in [6.45, 7) is 5.57. The van der Waals surface area contributed by atoms with Gasteiger partial charge < -0.3 is 10.1 Å². The molecule has 0 aromatic heterocycles. The van der Waals surface area contributed by atoms with E-state index >= 15 is 0 Å². The summed E-state index contributed by atoms with van der Waals surface area (Å²) in [4.78, 5) is 12.8. The van der Waals surface area contributed by atoms with Crippen molar-refractivity contribution < 1.29 is 17.9 Å². The minimum atomic E-state index is -3.67. The molecule has 2 aromatic rings. The van der Waals surface area contributed by atoms with E-state index in [1.54, 1.807) is 18.2 Å². The van der Waals surface area contributed by atoms with Crippen LogP contribution < -0.4 is 14.4 Å². The summed E-state index contributed by atoms with van der Waals surface area (Å²) < 4.78 is 31.7. The van der Waals surface area contributed by atoms with Crippen LogP contribution in [0.25, 0.3) is 0 Å². The quantitative estimate of drug-likeness (QED) is 0.772. The number of hydrogen-bond acceptors (Lipinski definition) is 4. The molecule has 0 aliphatic carbocycles. The van der Waals surface area contributed by atoms with Crippen molar-refractivity contribution in [3.63, 3.8) is 0 Å². The summed E-state index contributed by atoms with van der Waals surface area (Å²) in [7, 11) is -3.67. The summed E-state index contributed by atoms with van der Waals surface area (Å²) in [5, 5.41) is 3.37. The number of amides is 1. The zero-order valence-electron chi connectivity index (χ0n) is 16.9. The van der Waals surface area contributed by atoms with E-state index < -0.39 is 21.5 Å². The van der Waals surface area contributed by atoms with Crippen molar-refractivity contribution in [2.45, 2.75) is 38.8 Å². The van der Waals surface area contributed by atoms with Crippen molar-refractivity contribution in [1.29, 1.82) is 0 Å². The van der Waals surface area contributed by atoms with Crippen LogP contribution in [0.1, 0.15) is 37.4 Å². The van der Waals surface area contributed by atoms with Crippen LogP contribution in [0.4, 0.5) is 5.69 Å². The minimum absolute atomic E-state index is 0.275. The van der Waals surface area contributed by atoms with Gasteiger partial charge in [0.05, 0.1) is 18.0 Å². The number of rotatable bonds is 5. The molecule has 2 aromatic carbocycles. The number of ether oxygens (including phenoxy) is 1. The Labute approximate surface area is 176 Å². The molecule has 1 atom stereocenters. The zero-order valence-corrected chi connectivity index (χ0v) is 18.5. The van der Waals surface area contributed by atoms with Gasteiger partial charge in [-0.2, -0.15) is 0 Å². The van der Waals surface area contributed by atoms with Crippen molar-refractivity contribution in [1.82, 2.24) is 5.32 Å². The molecule has 156 valence electrons. The molecule has 1 aliphatic rings. The second-order valence-corrected chi connectivity index (χ2v) is 10.3. The maximum Gasteiger partial charge on any atom is 0.241 e.